The molecule has 27 heavy (non-hydrogen) atoms. The first-order chi connectivity index (χ1) is 13.0. The van der Waals surface area contributed by atoms with Crippen LogP contribution in [-0.4, -0.2) is 30.4 Å². The molecule has 0 aromatic heterocycles. The molecule has 0 saturated heterocycles. The van der Waals surface area contributed by atoms with Crippen molar-refractivity contribution >= 4 is 46.7 Å². The van der Waals surface area contributed by atoms with Gasteiger partial charge >= 0.3 is 0 Å². The summed E-state index contributed by atoms with van der Waals surface area (Å²) in [7, 11) is 0. The zero-order chi connectivity index (χ0) is 19.6. The Bertz CT molecular complexity index is 825. The number of rotatable bonds is 7. The van der Waals surface area contributed by atoms with E-state index in [0.717, 1.165) is 23.4 Å². The number of hydrogen-bond acceptors (Lipinski definition) is 4. The quantitative estimate of drug-likeness (QED) is 0.374. The molecule has 142 valence electrons. The molecule has 6 nitrogen and oxygen atoms in total. The number of halogens is 1. The molecule has 0 atom stereocenters. The number of hydrogen-bond donors (Lipinski definition) is 3. The Hall–Kier alpha value is -2.64. The first-order valence-corrected chi connectivity index (χ1v) is 9.12. The van der Waals surface area contributed by atoms with E-state index >= 15 is 0 Å². The van der Waals surface area contributed by atoms with Crippen LogP contribution >= 0.6 is 23.8 Å². The van der Waals surface area contributed by atoms with Gasteiger partial charge < -0.3 is 15.4 Å². The highest BCUT2D eigenvalue weighted by molar-refractivity contribution is 7.80. The van der Waals surface area contributed by atoms with Crippen LogP contribution in [0.4, 0.5) is 5.69 Å². The topological polar surface area (TPSA) is 74.8 Å². The van der Waals surface area contributed by atoms with Gasteiger partial charge in [0.2, 0.25) is 0 Å². The molecule has 0 spiro atoms. The summed E-state index contributed by atoms with van der Waals surface area (Å²) in [5.74, 6) is 0.158. The molecule has 0 bridgehead atoms. The van der Waals surface area contributed by atoms with Crippen molar-refractivity contribution in [2.45, 2.75) is 13.8 Å². The molecule has 0 aliphatic carbocycles. The highest BCUT2D eigenvalue weighted by Gasteiger charge is 2.07. The fraction of sp³-hybridized carbons (Fsp3) is 0.211. The Morgan fingerprint density at radius 2 is 2.00 bits per heavy atom. The third-order valence-corrected chi connectivity index (χ3v) is 3.90. The minimum Gasteiger partial charge on any atom is -0.482 e. The van der Waals surface area contributed by atoms with Gasteiger partial charge in [0.15, 0.2) is 11.7 Å². The minimum atomic E-state index is -0.262. The van der Waals surface area contributed by atoms with Gasteiger partial charge in [0.25, 0.3) is 5.91 Å². The summed E-state index contributed by atoms with van der Waals surface area (Å²) in [5, 5.41) is 10.5. The molecule has 0 aliphatic rings. The zero-order valence-corrected chi connectivity index (χ0v) is 16.7. The van der Waals surface area contributed by atoms with Gasteiger partial charge in [-0.1, -0.05) is 29.3 Å². The van der Waals surface area contributed by atoms with E-state index in [-0.39, 0.29) is 12.5 Å². The SMILES string of the molecule is CCNC(=S)N/N=C\c1ccc(OCC(=O)Nc2ccc(C)cc2)c(Cl)c1. The summed E-state index contributed by atoms with van der Waals surface area (Å²) in [6, 6.07) is 12.7. The smallest absolute Gasteiger partial charge is 0.262 e. The number of ether oxygens (including phenoxy) is 1. The van der Waals surface area contributed by atoms with Crippen molar-refractivity contribution in [3.8, 4) is 5.75 Å². The molecular formula is C19H21ClN4O2S. The van der Waals surface area contributed by atoms with E-state index in [1.807, 2.05) is 38.1 Å². The Morgan fingerprint density at radius 1 is 1.26 bits per heavy atom. The molecule has 3 N–H and O–H groups in total. The molecule has 8 heteroatoms. The van der Waals surface area contributed by atoms with Gasteiger partial charge in [-0.2, -0.15) is 5.10 Å². The second-order valence-corrected chi connectivity index (χ2v) is 6.44. The van der Waals surface area contributed by atoms with Gasteiger partial charge in [-0.25, -0.2) is 0 Å². The summed E-state index contributed by atoms with van der Waals surface area (Å²) < 4.78 is 5.49. The molecule has 0 radical (unpaired) electrons. The second kappa shape index (κ2) is 10.5. The van der Waals surface area contributed by atoms with Gasteiger partial charge in [-0.15, -0.1) is 0 Å². The largest absolute Gasteiger partial charge is 0.482 e. The maximum Gasteiger partial charge on any atom is 0.262 e. The van der Waals surface area contributed by atoms with Crippen LogP contribution in [0.15, 0.2) is 47.6 Å². The lowest BCUT2D eigenvalue weighted by Gasteiger charge is -2.09. The van der Waals surface area contributed by atoms with E-state index < -0.39 is 0 Å². The molecule has 1 amide bonds. The first-order valence-electron chi connectivity index (χ1n) is 8.33. The predicted molar refractivity (Wildman–Crippen MR) is 114 cm³/mol. The van der Waals surface area contributed by atoms with Crippen molar-refractivity contribution in [2.75, 3.05) is 18.5 Å². The van der Waals surface area contributed by atoms with Crippen molar-refractivity contribution in [3.63, 3.8) is 0 Å². The molecule has 2 aromatic rings. The van der Waals surface area contributed by atoms with Gasteiger partial charge in [-0.05, 0) is 62.0 Å². The Morgan fingerprint density at radius 3 is 2.67 bits per heavy atom. The molecule has 0 unspecified atom stereocenters. The van der Waals surface area contributed by atoms with Crippen LogP contribution < -0.4 is 20.8 Å². The number of nitrogens with one attached hydrogen (secondary N) is 3. The van der Waals surface area contributed by atoms with Crippen molar-refractivity contribution in [1.29, 1.82) is 0 Å². The number of aryl methyl sites for hydroxylation is 1. The summed E-state index contributed by atoms with van der Waals surface area (Å²) in [6.45, 7) is 4.50. The zero-order valence-electron chi connectivity index (χ0n) is 15.1. The van der Waals surface area contributed by atoms with Crippen LogP contribution in [0.5, 0.6) is 5.75 Å². The summed E-state index contributed by atoms with van der Waals surface area (Å²) in [5.41, 5.74) is 5.30. The molecule has 0 saturated carbocycles. The number of carbonyl (C=O) groups excluding carboxylic acids is 1. The molecule has 2 rings (SSSR count). The fourth-order valence-corrected chi connectivity index (χ4v) is 2.50. The van der Waals surface area contributed by atoms with Gasteiger partial charge in [-0.3, -0.25) is 10.2 Å². The van der Waals surface area contributed by atoms with E-state index in [2.05, 4.69) is 21.2 Å². The number of carbonyl (C=O) groups is 1. The fourth-order valence-electron chi connectivity index (χ4n) is 2.06. The van der Waals surface area contributed by atoms with Gasteiger partial charge in [0, 0.05) is 12.2 Å². The third-order valence-electron chi connectivity index (χ3n) is 3.37. The van der Waals surface area contributed by atoms with E-state index in [0.29, 0.717) is 15.9 Å². The van der Waals surface area contributed by atoms with Crippen molar-refractivity contribution in [3.05, 3.63) is 58.6 Å². The summed E-state index contributed by atoms with van der Waals surface area (Å²) >= 11 is 11.2. The van der Waals surface area contributed by atoms with E-state index in [1.54, 1.807) is 24.4 Å². The summed E-state index contributed by atoms with van der Waals surface area (Å²) in [6.07, 6.45) is 1.59. The highest BCUT2D eigenvalue weighted by Crippen LogP contribution is 2.25. The maximum absolute atomic E-state index is 12.0. The van der Waals surface area contributed by atoms with Crippen LogP contribution in [-0.2, 0) is 4.79 Å². The lowest BCUT2D eigenvalue weighted by Crippen LogP contribution is -2.31. The number of hydrazone groups is 1. The van der Waals surface area contributed by atoms with Crippen LogP contribution in [0, 0.1) is 6.92 Å². The average molecular weight is 405 g/mol. The van der Waals surface area contributed by atoms with Crippen LogP contribution in [0.2, 0.25) is 5.02 Å². The lowest BCUT2D eigenvalue weighted by atomic mass is 10.2. The van der Waals surface area contributed by atoms with Crippen molar-refractivity contribution in [2.24, 2.45) is 5.10 Å². The lowest BCUT2D eigenvalue weighted by molar-refractivity contribution is -0.118. The third kappa shape index (κ3) is 7.24. The molecule has 2 aromatic carbocycles. The van der Waals surface area contributed by atoms with Crippen molar-refractivity contribution < 1.29 is 9.53 Å². The Balaban J connectivity index is 1.86. The number of anilines is 1. The van der Waals surface area contributed by atoms with E-state index in [4.69, 9.17) is 28.6 Å². The van der Waals surface area contributed by atoms with Crippen LogP contribution in [0.3, 0.4) is 0 Å². The maximum atomic E-state index is 12.0. The molecular weight excluding hydrogens is 384 g/mol. The Kier molecular flexibility index (Phi) is 8.03. The monoisotopic (exact) mass is 404 g/mol. The van der Waals surface area contributed by atoms with E-state index in [9.17, 15) is 4.79 Å². The first kappa shape index (κ1) is 20.7. The molecule has 0 fully saturated rings. The highest BCUT2D eigenvalue weighted by atomic mass is 35.5. The Labute approximate surface area is 168 Å². The predicted octanol–water partition coefficient (Wildman–Crippen LogP) is 3.48. The van der Waals surface area contributed by atoms with Gasteiger partial charge in [0.1, 0.15) is 5.75 Å². The van der Waals surface area contributed by atoms with Crippen LogP contribution in [0.1, 0.15) is 18.1 Å². The van der Waals surface area contributed by atoms with Crippen molar-refractivity contribution in [1.82, 2.24) is 10.7 Å². The minimum absolute atomic E-state index is 0.139. The second-order valence-electron chi connectivity index (χ2n) is 5.62. The standard InChI is InChI=1S/C19H21ClN4O2S/c1-3-21-19(27)24-22-11-14-6-9-17(16(20)10-14)26-12-18(25)23-15-7-4-13(2)5-8-15/h4-11H,3,12H2,1-2H3,(H,23,25)(H2,21,24,27)/b22-11-. The molecule has 0 aliphatic heterocycles. The number of benzene rings is 2. The van der Waals surface area contributed by atoms with Gasteiger partial charge in [0.05, 0.1) is 11.2 Å². The number of amides is 1. The van der Waals surface area contributed by atoms with Crippen LogP contribution in [0.25, 0.3) is 0 Å². The molecule has 0 heterocycles. The number of thiocarbonyl (C=S) groups is 1. The average Bonchev–Trinajstić information content (AvgIpc) is 2.63. The van der Waals surface area contributed by atoms with E-state index in [1.165, 1.54) is 0 Å². The normalized spacial score (nSPS) is 10.5. The summed E-state index contributed by atoms with van der Waals surface area (Å²) in [4.78, 5) is 12.0. The number of nitrogens with zero attached hydrogens (tertiary/aromatic N) is 1.